The molecule has 764 valence electrons. The van der Waals surface area contributed by atoms with Crippen molar-refractivity contribution in [2.75, 3.05) is 102 Å². The van der Waals surface area contributed by atoms with Gasteiger partial charge < -0.3 is 19.8 Å². The first-order valence-corrected chi connectivity index (χ1v) is 70.0. The lowest BCUT2D eigenvalue weighted by atomic mass is 10.7. The van der Waals surface area contributed by atoms with Gasteiger partial charge in [-0.1, -0.05) is 13.8 Å². The third-order valence-electron chi connectivity index (χ3n) is 10.8. The summed E-state index contributed by atoms with van der Waals surface area (Å²) >= 11 is 0. The SMILES string of the molecule is CC(=O)N(C)P1(F)=NP(F)(F)=NP(F)(F)=N1.CC(=O)NNP1(F)=NP(F)(F)=NP(F)(F)=N1.CCN(CC)P1(F)=NP(F)(F)=NP(F)(CO)=N1.CN(C)P1(F)=NP(F)(F)=NP(F)(CO)=N1.CNNP1(F)=NP(F)(F)=NP(F)(F)=N1.COP(=O)(NP1(F)=NP(F)(F)=NP(F)(F)=N1)OC.COP1(F)=NP(F)(CO)=NP(F)(N(C)C)=N1.CS(=O)(=O)NP1(F)=NP(F)(F)=NP(F)(F)=N1. The van der Waals surface area contributed by atoms with Crippen molar-refractivity contribution < 1.29 is 203 Å². The molecule has 0 aromatic carbocycles. The van der Waals surface area contributed by atoms with E-state index >= 15 is 0 Å². The van der Waals surface area contributed by atoms with Gasteiger partial charge in [-0.25, -0.2) is 27.0 Å². The van der Waals surface area contributed by atoms with E-state index in [9.17, 15) is 174 Å². The highest BCUT2D eigenvalue weighted by atomic mass is 32.2. The first kappa shape index (κ1) is 128. The van der Waals surface area contributed by atoms with E-state index in [1.165, 1.54) is 38.0 Å². The molecular weight excluding hydrogens is 2390 g/mol. The van der Waals surface area contributed by atoms with Crippen LogP contribution in [0.5, 0.6) is 0 Å². The number of nitrogens with zero attached hydrogens (tertiary/aromatic N) is 28. The molecule has 0 spiro atoms. The number of carbonyl (C=O) groups excluding carboxylic acids is 2. The van der Waals surface area contributed by atoms with E-state index in [1.54, 1.807) is 15.1 Å². The number of sulfonamides is 1. The monoisotopic (exact) mass is 2460 g/mol. The number of hydrogen-bond acceptors (Lipinski definition) is 41. The first-order valence-electron chi connectivity index (χ1n) is 29.6. The molecule has 45 nitrogen and oxygen atoms in total. The van der Waals surface area contributed by atoms with E-state index in [0.29, 0.717) is 10.9 Å². The van der Waals surface area contributed by atoms with Gasteiger partial charge >= 0.3 is 171 Å². The molecule has 2 amide bonds. The smallest absolute Gasteiger partial charge is 0.386 e. The second-order valence-corrected chi connectivity index (χ2v) is 71.9. The summed E-state index contributed by atoms with van der Waals surface area (Å²) in [4.78, 5) is 22.4. The molecule has 8 aliphatic rings. The van der Waals surface area contributed by atoms with E-state index in [-0.39, 0.29) is 17.8 Å². The predicted octanol–water partition coefficient (Wildman–Crippen LogP) is 37.2. The Kier molecular flexibility index (Phi) is 45.7. The molecule has 0 fully saturated rings. The molecule has 0 saturated carbocycles. The molecule has 0 aromatic rings. The van der Waals surface area contributed by atoms with Crippen LogP contribution in [0.15, 0.2) is 108 Å². The van der Waals surface area contributed by atoms with Gasteiger partial charge in [0.25, 0.3) is 22.5 Å². The van der Waals surface area contributed by atoms with Gasteiger partial charge in [0.15, 0.2) is 0 Å². The minimum Gasteiger partial charge on any atom is -0.386 e. The van der Waals surface area contributed by atoms with Crippen LogP contribution in [0.1, 0.15) is 27.7 Å². The highest BCUT2D eigenvalue weighted by Crippen LogP contribution is 2.89. The Hall–Kier alpha value is 1.56. The van der Waals surface area contributed by atoms with Crippen LogP contribution in [0.2, 0.25) is 0 Å². The quantitative estimate of drug-likeness (QED) is 0.0310. The number of halogens is 36. The summed E-state index contributed by atoms with van der Waals surface area (Å²) in [5, 5.41) is 29.0. The van der Waals surface area contributed by atoms with Crippen LogP contribution in [0.25, 0.3) is 0 Å². The van der Waals surface area contributed by atoms with Crippen molar-refractivity contribution in [1.82, 2.24) is 49.3 Å². The van der Waals surface area contributed by atoms with Crippen LogP contribution in [0.4, 0.5) is 151 Å². The van der Waals surface area contributed by atoms with Crippen molar-refractivity contribution in [3.63, 3.8) is 0 Å². The molecular formula is C21H61F36N34O11P25S. The molecule has 12 atom stereocenters. The molecule has 0 radical (unpaired) electrons. The minimum absolute atomic E-state index is 0.0825. The van der Waals surface area contributed by atoms with Crippen molar-refractivity contribution in [2.45, 2.75) is 27.7 Å². The normalized spacial score (nSPS) is 34.4. The van der Waals surface area contributed by atoms with Crippen LogP contribution < -0.4 is 30.6 Å². The molecule has 12 unspecified atom stereocenters. The number of carbonyl (C=O) groups is 2. The Morgan fingerprint density at radius 3 is 0.930 bits per heavy atom. The molecule has 0 saturated heterocycles. The standard InChI is InChI=1S/C5H13F4N4OP3.C4H12F3N4O2P3.C3H6F5N4OP3.C3H9F4N4OP3.C2H5F5N5OP3.C2H7F5N4O3P4.CH5F5N5P3.CH4F5N4O2P3S/c1-3-13(4-2)17(9)11-15(6,5-14)10-16(7,8)12-17;1-11(2)15(6)8-14(5,4-12)9-16(7,10-15)13-3;1-3(13)12(2)16(8)10-14(4,5)9-15(6,7)11-16;1-11(2)15(7)9-13(4,3-12)8-14(5,6)10-15;1-2(13)8-9-16(7)11-14(3,4)10-15(5,6)12-16;1-13-18(12,14-2)11-17(7)9-15(3,4)8-16(5,6)10-17;1-7-8-14(6)10-12(2,3)9-13(4,5)11-14;1-16(11,12)10-15(6)8-13(2,3)7-14(4,5)9-15/h14H,3-5H2,1-2H3;12H,4H2,1-3H3;1-2H3;12H,3H2,1-2H3;9H,1H3,(H,8,13);1-2H3,(H,11,12);7-8H,1H3;10H,1H3. The summed E-state index contributed by atoms with van der Waals surface area (Å²) in [6, 6.07) is 0. The number of hydrazine groups is 2. The zero-order chi connectivity index (χ0) is 101. The number of amides is 2. The van der Waals surface area contributed by atoms with Crippen LogP contribution in [0.3, 0.4) is 0 Å². The largest absolute Gasteiger partial charge is 0.424 e. The first-order chi connectivity index (χ1) is 56.5. The fraction of sp³-hybridized carbons (Fsp3) is 0.905. The average Bonchev–Trinajstić information content (AvgIpc) is 0.776. The summed E-state index contributed by atoms with van der Waals surface area (Å²) in [7, 11) is -124. The van der Waals surface area contributed by atoms with Crippen molar-refractivity contribution >= 4 is 215 Å². The maximum Gasteiger partial charge on any atom is 0.424 e. The maximum atomic E-state index is 14.3. The third kappa shape index (κ3) is 43.2. The zero-order valence-corrected chi connectivity index (χ0v) is 87.0. The number of hydrogen-bond donors (Lipinski definition) is 9. The van der Waals surface area contributed by atoms with Gasteiger partial charge in [-0.05, 0) is 35.2 Å². The minimum atomic E-state index is -5.86. The molecule has 128 heavy (non-hydrogen) atoms. The predicted molar refractivity (Wildman–Crippen MR) is 433 cm³/mol. The van der Waals surface area contributed by atoms with Crippen molar-refractivity contribution in [3.8, 4) is 0 Å². The third-order valence-corrected chi connectivity index (χ3v) is 66.7. The highest BCUT2D eigenvalue weighted by Gasteiger charge is 2.49. The lowest BCUT2D eigenvalue weighted by Crippen LogP contribution is -2.31. The van der Waals surface area contributed by atoms with Crippen molar-refractivity contribution in [3.05, 3.63) is 0 Å². The molecule has 0 bridgehead atoms. The van der Waals surface area contributed by atoms with Crippen LogP contribution in [-0.2, 0) is 37.7 Å². The molecule has 8 aliphatic heterocycles. The Morgan fingerprint density at radius 1 is 0.359 bits per heavy atom. The van der Waals surface area contributed by atoms with Gasteiger partial charge in [-0.3, -0.25) is 34.2 Å². The van der Waals surface area contributed by atoms with Crippen LogP contribution in [0, 0.1) is 0 Å². The van der Waals surface area contributed by atoms with Gasteiger partial charge in [0.2, 0.25) is 21.8 Å². The fourth-order valence-electron chi connectivity index (χ4n) is 6.47. The molecule has 9 N–H and O–H groups in total. The molecule has 8 heterocycles. The van der Waals surface area contributed by atoms with E-state index < -0.39 is 234 Å². The lowest BCUT2D eigenvalue weighted by Gasteiger charge is -2.27. The lowest BCUT2D eigenvalue weighted by molar-refractivity contribution is -0.123. The van der Waals surface area contributed by atoms with Crippen molar-refractivity contribution in [2.24, 2.45) is 108 Å². The van der Waals surface area contributed by atoms with Gasteiger partial charge in [-0.15, -0.1) is 191 Å². The average molecular weight is 2460 g/mol. The number of rotatable bonds is 20. The number of nitrogens with one attached hydrogen (secondary N) is 6. The van der Waals surface area contributed by atoms with E-state index in [1.807, 2.05) is 23.5 Å². The fourth-order valence-corrected chi connectivity index (χ4v) is 60.1. The second-order valence-electron chi connectivity index (χ2n) is 21.6. The second kappa shape index (κ2) is 45.9. The Bertz CT molecular complexity index is 5860. The molecule has 0 aliphatic carbocycles. The Labute approximate surface area is 702 Å². The highest BCUT2D eigenvalue weighted by molar-refractivity contribution is 7.96. The van der Waals surface area contributed by atoms with Gasteiger partial charge in [0, 0.05) is 55.3 Å². The van der Waals surface area contributed by atoms with E-state index in [2.05, 4.69) is 99.4 Å². The van der Waals surface area contributed by atoms with Crippen LogP contribution >= 0.6 is 193 Å². The van der Waals surface area contributed by atoms with E-state index in [4.69, 9.17) is 15.3 Å². The van der Waals surface area contributed by atoms with Gasteiger partial charge in [-0.2, -0.15) is 87.8 Å². The Morgan fingerprint density at radius 2 is 0.633 bits per heavy atom. The van der Waals surface area contributed by atoms with E-state index in [0.717, 1.165) is 77.2 Å². The molecule has 0 aromatic heterocycles. The van der Waals surface area contributed by atoms with Gasteiger partial charge in [0.1, 0.15) is 19.0 Å². The topological polar surface area (TPSA) is 556 Å². The zero-order valence-electron chi connectivity index (χ0n) is 63.9. The summed E-state index contributed by atoms with van der Waals surface area (Å²) < 4.78 is 575. The molecule has 107 heteroatoms. The summed E-state index contributed by atoms with van der Waals surface area (Å²) in [5.74, 6) is -1.86. The number of aliphatic hydroxyl groups excluding tert-OH is 3. The Balaban J connectivity index is 0.000000732. The molecule has 8 rings (SSSR count). The summed E-state index contributed by atoms with van der Waals surface area (Å²) in [6.07, 6.45) is -3.34. The summed E-state index contributed by atoms with van der Waals surface area (Å²) in [5.41, 5.74) is 3.47. The maximum absolute atomic E-state index is 14.3. The number of aliphatic hydroxyl groups is 3. The van der Waals surface area contributed by atoms with Crippen LogP contribution in [-0.4, -0.2) is 156 Å². The van der Waals surface area contributed by atoms with Gasteiger partial charge in [0.05, 0.1) is 6.26 Å². The summed E-state index contributed by atoms with van der Waals surface area (Å²) in [6.45, 7) is 5.00. The van der Waals surface area contributed by atoms with Crippen molar-refractivity contribution in [1.29, 1.82) is 0 Å².